The number of aromatic amines is 1. The van der Waals surface area contributed by atoms with Gasteiger partial charge in [0.05, 0.1) is 23.3 Å². The van der Waals surface area contributed by atoms with Gasteiger partial charge in [0.15, 0.2) is 0 Å². The van der Waals surface area contributed by atoms with Crippen molar-refractivity contribution in [2.75, 3.05) is 19.0 Å². The van der Waals surface area contributed by atoms with Crippen LogP contribution in [0.2, 0.25) is 5.02 Å². The minimum absolute atomic E-state index is 0.506. The summed E-state index contributed by atoms with van der Waals surface area (Å²) in [5.41, 5.74) is 4.51. The van der Waals surface area contributed by atoms with Crippen molar-refractivity contribution in [3.63, 3.8) is 0 Å². The van der Waals surface area contributed by atoms with Crippen molar-refractivity contribution in [2.24, 2.45) is 0 Å². The van der Waals surface area contributed by atoms with Crippen LogP contribution < -0.4 is 4.90 Å². The molecular formula is C20H15ClN4. The van der Waals surface area contributed by atoms with Crippen LogP contribution in [0.5, 0.6) is 0 Å². The number of nitriles is 2. The van der Waals surface area contributed by atoms with Gasteiger partial charge in [0.25, 0.3) is 0 Å². The smallest absolute Gasteiger partial charge is 0.0998 e. The average Bonchev–Trinajstić information content (AvgIpc) is 3.02. The molecule has 4 nitrogen and oxygen atoms in total. The summed E-state index contributed by atoms with van der Waals surface area (Å²) in [4.78, 5) is 5.11. The zero-order chi connectivity index (χ0) is 18.0. The van der Waals surface area contributed by atoms with E-state index in [0.717, 1.165) is 27.7 Å². The lowest BCUT2D eigenvalue weighted by Crippen LogP contribution is -2.10. The van der Waals surface area contributed by atoms with Crippen molar-refractivity contribution in [1.29, 1.82) is 10.5 Å². The Kier molecular flexibility index (Phi) is 4.48. The van der Waals surface area contributed by atoms with Crippen molar-refractivity contribution in [3.05, 3.63) is 64.3 Å². The van der Waals surface area contributed by atoms with Crippen molar-refractivity contribution in [2.45, 2.75) is 0 Å². The number of rotatable bonds is 3. The number of fused-ring (bicyclic) bond motifs is 1. The number of H-pyrrole nitrogens is 1. The Bertz CT molecular complexity index is 1060. The Morgan fingerprint density at radius 3 is 2.64 bits per heavy atom. The van der Waals surface area contributed by atoms with Crippen LogP contribution in [0.25, 0.3) is 22.6 Å². The molecule has 3 rings (SSSR count). The van der Waals surface area contributed by atoms with E-state index in [1.165, 1.54) is 0 Å². The predicted octanol–water partition coefficient (Wildman–Crippen LogP) is 4.82. The summed E-state index contributed by atoms with van der Waals surface area (Å²) in [7, 11) is 3.85. The molecule has 0 spiro atoms. The van der Waals surface area contributed by atoms with Gasteiger partial charge in [-0.2, -0.15) is 10.5 Å². The van der Waals surface area contributed by atoms with Gasteiger partial charge in [0, 0.05) is 53.0 Å². The fourth-order valence-corrected chi connectivity index (χ4v) is 2.96. The van der Waals surface area contributed by atoms with Crippen LogP contribution >= 0.6 is 11.6 Å². The topological polar surface area (TPSA) is 66.6 Å². The minimum atomic E-state index is 0.506. The maximum absolute atomic E-state index is 9.70. The molecule has 0 bridgehead atoms. The maximum Gasteiger partial charge on any atom is 0.0998 e. The molecular weight excluding hydrogens is 332 g/mol. The zero-order valence-electron chi connectivity index (χ0n) is 13.8. The number of hydrogen-bond donors (Lipinski definition) is 1. The lowest BCUT2D eigenvalue weighted by Gasteiger charge is -2.16. The van der Waals surface area contributed by atoms with Gasteiger partial charge in [-0.25, -0.2) is 0 Å². The Hall–Kier alpha value is -3.21. The third-order valence-electron chi connectivity index (χ3n) is 3.99. The quantitative estimate of drug-likeness (QED) is 0.691. The monoisotopic (exact) mass is 346 g/mol. The van der Waals surface area contributed by atoms with Crippen LogP contribution in [0.3, 0.4) is 0 Å². The SMILES string of the molecule is CN(C)c1ccc(C#N)cc1C=C(C#N)c1c[nH]c2ccc(Cl)cc12. The summed E-state index contributed by atoms with van der Waals surface area (Å²) < 4.78 is 0. The van der Waals surface area contributed by atoms with Gasteiger partial charge in [-0.05, 0) is 42.5 Å². The van der Waals surface area contributed by atoms with E-state index in [9.17, 15) is 5.26 Å². The van der Waals surface area contributed by atoms with E-state index in [-0.39, 0.29) is 0 Å². The molecule has 5 heteroatoms. The van der Waals surface area contributed by atoms with Crippen LogP contribution in [0.15, 0.2) is 42.6 Å². The van der Waals surface area contributed by atoms with Gasteiger partial charge in [-0.15, -0.1) is 0 Å². The summed E-state index contributed by atoms with van der Waals surface area (Å²) in [6.07, 6.45) is 3.61. The molecule has 0 radical (unpaired) electrons. The molecule has 25 heavy (non-hydrogen) atoms. The molecule has 1 aromatic heterocycles. The molecule has 3 aromatic rings. The summed E-state index contributed by atoms with van der Waals surface area (Å²) in [5.74, 6) is 0. The number of hydrogen-bond acceptors (Lipinski definition) is 3. The highest BCUT2D eigenvalue weighted by Crippen LogP contribution is 2.30. The molecule has 0 amide bonds. The molecule has 0 atom stereocenters. The first-order chi connectivity index (χ1) is 12.0. The number of aromatic nitrogens is 1. The van der Waals surface area contributed by atoms with Crippen molar-refractivity contribution in [3.8, 4) is 12.1 Å². The molecule has 2 aromatic carbocycles. The van der Waals surface area contributed by atoms with Crippen molar-refractivity contribution < 1.29 is 0 Å². The third-order valence-corrected chi connectivity index (χ3v) is 4.23. The average molecular weight is 347 g/mol. The van der Waals surface area contributed by atoms with Crippen LogP contribution in [-0.4, -0.2) is 19.1 Å². The molecule has 0 fully saturated rings. The number of anilines is 1. The van der Waals surface area contributed by atoms with E-state index in [1.807, 2.05) is 37.2 Å². The van der Waals surface area contributed by atoms with Crippen molar-refractivity contribution >= 4 is 39.8 Å². The number of benzene rings is 2. The van der Waals surface area contributed by atoms with Crippen LogP contribution in [0.1, 0.15) is 16.7 Å². The molecule has 0 aliphatic carbocycles. The predicted molar refractivity (Wildman–Crippen MR) is 102 cm³/mol. The van der Waals surface area contributed by atoms with Crippen LogP contribution in [-0.2, 0) is 0 Å². The van der Waals surface area contributed by atoms with Crippen LogP contribution in [0.4, 0.5) is 5.69 Å². The van der Waals surface area contributed by atoms with Crippen LogP contribution in [0, 0.1) is 22.7 Å². The molecule has 1 N–H and O–H groups in total. The third kappa shape index (κ3) is 3.21. The summed E-state index contributed by atoms with van der Waals surface area (Å²) >= 11 is 6.10. The molecule has 0 saturated carbocycles. The molecule has 122 valence electrons. The first-order valence-corrected chi connectivity index (χ1v) is 8.01. The summed E-state index contributed by atoms with van der Waals surface area (Å²) in [6, 6.07) is 15.4. The Balaban J connectivity index is 2.20. The Morgan fingerprint density at radius 1 is 1.16 bits per heavy atom. The number of allylic oxidation sites excluding steroid dienone is 1. The van der Waals surface area contributed by atoms with E-state index in [1.54, 1.807) is 30.5 Å². The first kappa shape index (κ1) is 16.6. The second kappa shape index (κ2) is 6.73. The zero-order valence-corrected chi connectivity index (χ0v) is 14.6. The summed E-state index contributed by atoms with van der Waals surface area (Å²) in [6.45, 7) is 0. The highest BCUT2D eigenvalue weighted by atomic mass is 35.5. The number of nitrogens with one attached hydrogen (secondary N) is 1. The van der Waals surface area contributed by atoms with Gasteiger partial charge in [0.1, 0.15) is 0 Å². The normalized spacial score (nSPS) is 11.2. The molecule has 0 saturated heterocycles. The van der Waals surface area contributed by atoms with Gasteiger partial charge in [-0.3, -0.25) is 0 Å². The second-order valence-corrected chi connectivity index (χ2v) is 6.28. The maximum atomic E-state index is 9.70. The lowest BCUT2D eigenvalue weighted by molar-refractivity contribution is 1.13. The van der Waals surface area contributed by atoms with Gasteiger partial charge >= 0.3 is 0 Å². The van der Waals surface area contributed by atoms with E-state index in [4.69, 9.17) is 16.9 Å². The molecule has 0 aliphatic rings. The lowest BCUT2D eigenvalue weighted by atomic mass is 10.0. The second-order valence-electron chi connectivity index (χ2n) is 5.84. The van der Waals surface area contributed by atoms with E-state index in [2.05, 4.69) is 17.1 Å². The largest absolute Gasteiger partial charge is 0.377 e. The highest BCUT2D eigenvalue weighted by molar-refractivity contribution is 6.31. The molecule has 1 heterocycles. The minimum Gasteiger partial charge on any atom is -0.377 e. The molecule has 0 unspecified atom stereocenters. The van der Waals surface area contributed by atoms with Gasteiger partial charge in [-0.1, -0.05) is 11.6 Å². The van der Waals surface area contributed by atoms with E-state index in [0.29, 0.717) is 16.2 Å². The van der Waals surface area contributed by atoms with Gasteiger partial charge in [0.2, 0.25) is 0 Å². The summed E-state index contributed by atoms with van der Waals surface area (Å²) in [5, 5.41) is 20.4. The van der Waals surface area contributed by atoms with E-state index < -0.39 is 0 Å². The number of halogens is 1. The fraction of sp³-hybridized carbons (Fsp3) is 0.100. The first-order valence-electron chi connectivity index (χ1n) is 7.63. The van der Waals surface area contributed by atoms with Gasteiger partial charge < -0.3 is 9.88 Å². The molecule has 0 aliphatic heterocycles. The van der Waals surface area contributed by atoms with E-state index >= 15 is 0 Å². The number of nitrogens with zero attached hydrogens (tertiary/aromatic N) is 3. The standard InChI is InChI=1S/C20H15ClN4/c1-25(2)20-6-3-13(10-22)7-14(20)8-15(11-23)18-12-24-19-5-4-16(21)9-17(18)19/h3-9,12,24H,1-2H3. The van der Waals surface area contributed by atoms with Crippen molar-refractivity contribution in [1.82, 2.24) is 4.98 Å². The highest BCUT2D eigenvalue weighted by Gasteiger charge is 2.11. The fourth-order valence-electron chi connectivity index (χ4n) is 2.79. The Morgan fingerprint density at radius 2 is 1.96 bits per heavy atom. The Labute approximate surface area is 151 Å².